The van der Waals surface area contributed by atoms with Gasteiger partial charge in [-0.1, -0.05) is 42.1 Å². The van der Waals surface area contributed by atoms with E-state index in [9.17, 15) is 0 Å². The number of thioether (sulfide) groups is 1. The number of ether oxygens (including phenoxy) is 1. The van der Waals surface area contributed by atoms with Crippen LogP contribution in [-0.4, -0.2) is 22.3 Å². The first kappa shape index (κ1) is 13.1. The number of para-hydroxylation sites is 2. The number of nitrogens with zero attached hydrogens (tertiary/aromatic N) is 1. The highest BCUT2D eigenvalue weighted by Gasteiger charge is 2.05. The van der Waals surface area contributed by atoms with Gasteiger partial charge in [0.2, 0.25) is 0 Å². The number of rotatable bonds is 5. The van der Waals surface area contributed by atoms with Crippen LogP contribution in [0.15, 0.2) is 53.7 Å². The van der Waals surface area contributed by atoms with Gasteiger partial charge in [-0.25, -0.2) is 4.98 Å². The first-order chi connectivity index (χ1) is 9.83. The number of hydrogen-bond donors (Lipinski definition) is 1. The highest BCUT2D eigenvalue weighted by Crippen LogP contribution is 2.21. The predicted octanol–water partition coefficient (Wildman–Crippen LogP) is 4.04. The van der Waals surface area contributed by atoms with Crippen LogP contribution in [0.3, 0.4) is 0 Å². The Hall–Kier alpha value is -1.94. The zero-order valence-corrected chi connectivity index (χ0v) is 12.1. The number of fused-ring (bicyclic) bond motifs is 1. The lowest BCUT2D eigenvalue weighted by molar-refractivity contribution is 0.344. The summed E-state index contributed by atoms with van der Waals surface area (Å²) in [5, 5.41) is 0.950. The second-order valence-corrected chi connectivity index (χ2v) is 5.61. The van der Waals surface area contributed by atoms with Crippen molar-refractivity contribution >= 4 is 22.8 Å². The molecule has 0 radical (unpaired) electrons. The molecule has 0 unspecified atom stereocenters. The van der Waals surface area contributed by atoms with Crippen molar-refractivity contribution in [1.82, 2.24) is 9.97 Å². The molecule has 2 aromatic carbocycles. The normalized spacial score (nSPS) is 10.8. The smallest absolute Gasteiger partial charge is 0.166 e. The number of aryl methyl sites for hydroxylation is 1. The van der Waals surface area contributed by atoms with Crippen molar-refractivity contribution in [3.63, 3.8) is 0 Å². The summed E-state index contributed by atoms with van der Waals surface area (Å²) in [7, 11) is 0. The van der Waals surface area contributed by atoms with E-state index in [1.165, 1.54) is 5.56 Å². The van der Waals surface area contributed by atoms with Gasteiger partial charge >= 0.3 is 0 Å². The largest absolute Gasteiger partial charge is 0.493 e. The number of aromatic nitrogens is 2. The minimum Gasteiger partial charge on any atom is -0.493 e. The molecule has 0 atom stereocenters. The SMILES string of the molecule is Cc1cccc2[nH]c(SCCOc3ccccc3)nc12. The van der Waals surface area contributed by atoms with Crippen LogP contribution in [0.1, 0.15) is 5.56 Å². The number of imidazole rings is 1. The molecular weight excluding hydrogens is 268 g/mol. The van der Waals surface area contributed by atoms with E-state index in [4.69, 9.17) is 4.74 Å². The van der Waals surface area contributed by atoms with Crippen LogP contribution in [0.4, 0.5) is 0 Å². The molecule has 3 rings (SSSR count). The highest BCUT2D eigenvalue weighted by molar-refractivity contribution is 7.99. The van der Waals surface area contributed by atoms with Crippen LogP contribution in [0.5, 0.6) is 5.75 Å². The van der Waals surface area contributed by atoms with Crippen molar-refractivity contribution in [3.05, 3.63) is 54.1 Å². The maximum atomic E-state index is 5.66. The van der Waals surface area contributed by atoms with Gasteiger partial charge < -0.3 is 9.72 Å². The van der Waals surface area contributed by atoms with Crippen molar-refractivity contribution in [1.29, 1.82) is 0 Å². The minimum absolute atomic E-state index is 0.671. The Morgan fingerprint density at radius 3 is 2.75 bits per heavy atom. The summed E-state index contributed by atoms with van der Waals surface area (Å²) in [6.07, 6.45) is 0. The van der Waals surface area contributed by atoms with Crippen LogP contribution in [0, 0.1) is 6.92 Å². The van der Waals surface area contributed by atoms with Crippen molar-refractivity contribution in [2.45, 2.75) is 12.1 Å². The van der Waals surface area contributed by atoms with E-state index in [1.807, 2.05) is 36.4 Å². The van der Waals surface area contributed by atoms with E-state index in [1.54, 1.807) is 11.8 Å². The molecule has 0 aliphatic carbocycles. The third kappa shape index (κ3) is 2.96. The Bertz CT molecular complexity index is 694. The van der Waals surface area contributed by atoms with Gasteiger partial charge in [-0.15, -0.1) is 0 Å². The average Bonchev–Trinajstić information content (AvgIpc) is 2.89. The van der Waals surface area contributed by atoms with Crippen LogP contribution in [0.2, 0.25) is 0 Å². The number of aromatic amines is 1. The standard InChI is InChI=1S/C16H16N2OS/c1-12-6-5-9-14-15(12)18-16(17-14)20-11-10-19-13-7-3-2-4-8-13/h2-9H,10-11H2,1H3,(H,17,18). The molecule has 3 nitrogen and oxygen atoms in total. The number of hydrogen-bond acceptors (Lipinski definition) is 3. The molecule has 0 saturated heterocycles. The van der Waals surface area contributed by atoms with Gasteiger partial charge in [0.25, 0.3) is 0 Å². The summed E-state index contributed by atoms with van der Waals surface area (Å²) < 4.78 is 5.66. The molecule has 0 saturated carbocycles. The fourth-order valence-corrected chi connectivity index (χ4v) is 2.73. The molecule has 3 aromatic rings. The quantitative estimate of drug-likeness (QED) is 0.567. The molecule has 0 aliphatic rings. The second-order valence-electron chi connectivity index (χ2n) is 4.52. The molecule has 102 valence electrons. The Morgan fingerprint density at radius 1 is 1.10 bits per heavy atom. The molecular formula is C16H16N2OS. The van der Waals surface area contributed by atoms with Gasteiger partial charge in [-0.2, -0.15) is 0 Å². The summed E-state index contributed by atoms with van der Waals surface area (Å²) in [4.78, 5) is 7.94. The summed E-state index contributed by atoms with van der Waals surface area (Å²) in [5.41, 5.74) is 3.35. The van der Waals surface area contributed by atoms with Crippen molar-refractivity contribution in [3.8, 4) is 5.75 Å². The van der Waals surface area contributed by atoms with Gasteiger partial charge in [-0.3, -0.25) is 0 Å². The first-order valence-corrected chi connectivity index (χ1v) is 7.57. The van der Waals surface area contributed by atoms with Crippen LogP contribution in [0.25, 0.3) is 11.0 Å². The van der Waals surface area contributed by atoms with Crippen LogP contribution >= 0.6 is 11.8 Å². The van der Waals surface area contributed by atoms with Gasteiger partial charge in [0, 0.05) is 5.75 Å². The number of H-pyrrole nitrogens is 1. The molecule has 0 bridgehead atoms. The Kier molecular flexibility index (Phi) is 3.92. The lowest BCUT2D eigenvalue weighted by Crippen LogP contribution is -1.99. The molecule has 0 aliphatic heterocycles. The topological polar surface area (TPSA) is 37.9 Å². The Balaban J connectivity index is 1.56. The monoisotopic (exact) mass is 284 g/mol. The summed E-state index contributed by atoms with van der Waals surface area (Å²) in [5.74, 6) is 1.78. The molecule has 0 fully saturated rings. The van der Waals surface area contributed by atoms with Gasteiger partial charge in [0.05, 0.1) is 17.6 Å². The maximum Gasteiger partial charge on any atom is 0.166 e. The van der Waals surface area contributed by atoms with Gasteiger partial charge in [-0.05, 0) is 30.7 Å². The Labute approximate surface area is 122 Å². The van der Waals surface area contributed by atoms with E-state index in [0.717, 1.165) is 27.7 Å². The summed E-state index contributed by atoms with van der Waals surface area (Å²) in [6, 6.07) is 16.1. The second kappa shape index (κ2) is 6.01. The van der Waals surface area contributed by atoms with Crippen LogP contribution < -0.4 is 4.74 Å². The summed E-state index contributed by atoms with van der Waals surface area (Å²) >= 11 is 1.68. The van der Waals surface area contributed by atoms with Crippen molar-refractivity contribution in [2.75, 3.05) is 12.4 Å². The molecule has 0 spiro atoms. The van der Waals surface area contributed by atoms with E-state index < -0.39 is 0 Å². The number of nitrogens with one attached hydrogen (secondary N) is 1. The Morgan fingerprint density at radius 2 is 1.95 bits per heavy atom. The zero-order valence-electron chi connectivity index (χ0n) is 11.3. The molecule has 20 heavy (non-hydrogen) atoms. The van der Waals surface area contributed by atoms with E-state index in [0.29, 0.717) is 6.61 Å². The summed E-state index contributed by atoms with van der Waals surface area (Å²) in [6.45, 7) is 2.75. The van der Waals surface area contributed by atoms with Crippen molar-refractivity contribution in [2.24, 2.45) is 0 Å². The van der Waals surface area contributed by atoms with Crippen LogP contribution in [-0.2, 0) is 0 Å². The van der Waals surface area contributed by atoms with Gasteiger partial charge in [0.15, 0.2) is 5.16 Å². The lowest BCUT2D eigenvalue weighted by atomic mass is 10.2. The third-order valence-corrected chi connectivity index (χ3v) is 3.86. The lowest BCUT2D eigenvalue weighted by Gasteiger charge is -2.04. The maximum absolute atomic E-state index is 5.66. The molecule has 1 aromatic heterocycles. The minimum atomic E-state index is 0.671. The van der Waals surface area contributed by atoms with E-state index >= 15 is 0 Å². The van der Waals surface area contributed by atoms with E-state index in [-0.39, 0.29) is 0 Å². The number of benzene rings is 2. The predicted molar refractivity (Wildman–Crippen MR) is 83.5 cm³/mol. The first-order valence-electron chi connectivity index (χ1n) is 6.59. The molecule has 4 heteroatoms. The average molecular weight is 284 g/mol. The fraction of sp³-hybridized carbons (Fsp3) is 0.188. The van der Waals surface area contributed by atoms with Gasteiger partial charge in [0.1, 0.15) is 5.75 Å². The zero-order chi connectivity index (χ0) is 13.8. The molecule has 1 N–H and O–H groups in total. The van der Waals surface area contributed by atoms with Crippen molar-refractivity contribution < 1.29 is 4.74 Å². The highest BCUT2D eigenvalue weighted by atomic mass is 32.2. The molecule has 1 heterocycles. The van der Waals surface area contributed by atoms with E-state index in [2.05, 4.69) is 29.0 Å². The fourth-order valence-electron chi connectivity index (χ4n) is 2.04. The molecule has 0 amide bonds. The third-order valence-electron chi connectivity index (χ3n) is 3.03.